The van der Waals surface area contributed by atoms with Gasteiger partial charge in [0.1, 0.15) is 17.5 Å². The lowest BCUT2D eigenvalue weighted by Crippen LogP contribution is -2.33. The summed E-state index contributed by atoms with van der Waals surface area (Å²) in [5.41, 5.74) is -1.46. The molecule has 0 spiro atoms. The number of aromatic nitrogens is 2. The minimum Gasteiger partial charge on any atom is -0.442 e. The summed E-state index contributed by atoms with van der Waals surface area (Å²) in [6.07, 6.45) is -0.860. The third-order valence-electron chi connectivity index (χ3n) is 3.46. The summed E-state index contributed by atoms with van der Waals surface area (Å²) >= 11 is 0. The molecule has 1 aromatic heterocycles. The summed E-state index contributed by atoms with van der Waals surface area (Å²) in [5.74, 6) is -5.10. The molecule has 0 aliphatic carbocycles. The Labute approximate surface area is 138 Å². The Morgan fingerprint density at radius 3 is 2.80 bits per heavy atom. The van der Waals surface area contributed by atoms with Gasteiger partial charge in [-0.3, -0.25) is 9.69 Å². The molecule has 1 aromatic carbocycles. The van der Waals surface area contributed by atoms with Crippen LogP contribution < -0.4 is 10.2 Å². The first-order chi connectivity index (χ1) is 11.9. The fourth-order valence-electron chi connectivity index (χ4n) is 2.34. The molecule has 8 nitrogen and oxygen atoms in total. The first-order valence-corrected chi connectivity index (χ1v) is 7.05. The van der Waals surface area contributed by atoms with E-state index in [1.165, 1.54) is 6.92 Å². The van der Waals surface area contributed by atoms with Crippen LogP contribution in [0.1, 0.15) is 6.92 Å². The Kier molecular flexibility index (Phi) is 4.30. The summed E-state index contributed by atoms with van der Waals surface area (Å²) in [6, 6.07) is 0.639. The third kappa shape index (κ3) is 3.12. The number of benzene rings is 1. The Hall–Kier alpha value is -3.11. The zero-order valence-electron chi connectivity index (χ0n) is 12.8. The van der Waals surface area contributed by atoms with Gasteiger partial charge >= 0.3 is 6.09 Å². The minimum atomic E-state index is -1.57. The van der Waals surface area contributed by atoms with Crippen molar-refractivity contribution in [1.82, 2.24) is 15.5 Å². The number of amides is 2. The summed E-state index contributed by atoms with van der Waals surface area (Å²) in [6.45, 7) is 1.08. The van der Waals surface area contributed by atoms with Crippen LogP contribution in [0.25, 0.3) is 11.5 Å². The van der Waals surface area contributed by atoms with Gasteiger partial charge in [-0.05, 0) is 0 Å². The first-order valence-electron chi connectivity index (χ1n) is 7.05. The van der Waals surface area contributed by atoms with Gasteiger partial charge in [-0.2, -0.15) is 4.98 Å². The average Bonchev–Trinajstić information content (AvgIpc) is 3.19. The van der Waals surface area contributed by atoms with Crippen molar-refractivity contribution in [2.24, 2.45) is 0 Å². The van der Waals surface area contributed by atoms with Crippen molar-refractivity contribution in [3.8, 4) is 11.5 Å². The molecule has 2 amide bonds. The molecule has 1 aliphatic heterocycles. The van der Waals surface area contributed by atoms with Crippen LogP contribution in [0, 0.1) is 17.5 Å². The van der Waals surface area contributed by atoms with E-state index in [9.17, 15) is 22.8 Å². The van der Waals surface area contributed by atoms with E-state index in [-0.39, 0.29) is 19.0 Å². The van der Waals surface area contributed by atoms with Crippen LogP contribution >= 0.6 is 0 Å². The lowest BCUT2D eigenvalue weighted by molar-refractivity contribution is -0.119. The van der Waals surface area contributed by atoms with Crippen molar-refractivity contribution in [2.75, 3.05) is 18.0 Å². The standard InChI is InChI=1S/C14H11F3N4O4/c1-6(22)18-3-7-4-21(14(23)24-7)9-2-8(15)10(12(17)11(9)16)13-19-5-20-25-13/h2,5,7H,3-4H2,1H3,(H,18,22). The van der Waals surface area contributed by atoms with E-state index in [0.717, 1.165) is 11.2 Å². The Morgan fingerprint density at radius 1 is 1.40 bits per heavy atom. The lowest BCUT2D eigenvalue weighted by atomic mass is 10.1. The number of hydrogen-bond donors (Lipinski definition) is 1. The number of carbonyl (C=O) groups is 2. The van der Waals surface area contributed by atoms with E-state index >= 15 is 0 Å². The van der Waals surface area contributed by atoms with Gasteiger partial charge in [-0.15, -0.1) is 0 Å². The fraction of sp³-hybridized carbons (Fsp3) is 0.286. The Balaban J connectivity index is 1.91. The highest BCUT2D eigenvalue weighted by atomic mass is 19.2. The zero-order valence-corrected chi connectivity index (χ0v) is 12.8. The van der Waals surface area contributed by atoms with E-state index < -0.39 is 46.8 Å². The van der Waals surface area contributed by atoms with Crippen LogP contribution in [0.2, 0.25) is 0 Å². The number of carbonyl (C=O) groups excluding carboxylic acids is 2. The number of hydrogen-bond acceptors (Lipinski definition) is 6. The molecular formula is C14H11F3N4O4. The van der Waals surface area contributed by atoms with Crippen molar-refractivity contribution < 1.29 is 32.0 Å². The molecule has 132 valence electrons. The van der Waals surface area contributed by atoms with E-state index in [4.69, 9.17) is 4.74 Å². The van der Waals surface area contributed by atoms with Crippen molar-refractivity contribution >= 4 is 17.7 Å². The number of halogens is 3. The van der Waals surface area contributed by atoms with Crippen molar-refractivity contribution in [3.05, 3.63) is 29.8 Å². The number of anilines is 1. The monoisotopic (exact) mass is 356 g/mol. The summed E-state index contributed by atoms with van der Waals surface area (Å²) in [7, 11) is 0. The molecule has 0 saturated carbocycles. The number of ether oxygens (including phenoxy) is 1. The topological polar surface area (TPSA) is 97.6 Å². The smallest absolute Gasteiger partial charge is 0.414 e. The molecule has 1 atom stereocenters. The highest BCUT2D eigenvalue weighted by Crippen LogP contribution is 2.33. The number of nitrogens with zero attached hydrogens (tertiary/aromatic N) is 3. The number of cyclic esters (lactones) is 1. The molecular weight excluding hydrogens is 345 g/mol. The quantitative estimate of drug-likeness (QED) is 0.836. The zero-order chi connectivity index (χ0) is 18.1. The van der Waals surface area contributed by atoms with E-state index in [0.29, 0.717) is 6.07 Å². The van der Waals surface area contributed by atoms with Gasteiger partial charge in [-0.1, -0.05) is 5.16 Å². The Bertz CT molecular complexity index is 828. The van der Waals surface area contributed by atoms with Crippen molar-refractivity contribution in [2.45, 2.75) is 13.0 Å². The molecule has 0 radical (unpaired) electrons. The highest BCUT2D eigenvalue weighted by molar-refractivity contribution is 5.90. The van der Waals surface area contributed by atoms with Gasteiger partial charge in [-0.25, -0.2) is 18.0 Å². The predicted molar refractivity (Wildman–Crippen MR) is 75.9 cm³/mol. The lowest BCUT2D eigenvalue weighted by Gasteiger charge is -2.15. The normalized spacial score (nSPS) is 16.9. The third-order valence-corrected chi connectivity index (χ3v) is 3.46. The summed E-state index contributed by atoms with van der Waals surface area (Å²) < 4.78 is 52.3. The first kappa shape index (κ1) is 16.7. The van der Waals surface area contributed by atoms with Crippen LogP contribution in [-0.2, 0) is 9.53 Å². The van der Waals surface area contributed by atoms with Crippen LogP contribution in [-0.4, -0.2) is 41.3 Å². The van der Waals surface area contributed by atoms with Gasteiger partial charge in [0.05, 0.1) is 18.8 Å². The van der Waals surface area contributed by atoms with Crippen LogP contribution in [0.3, 0.4) is 0 Å². The van der Waals surface area contributed by atoms with Gasteiger partial charge in [0, 0.05) is 13.0 Å². The maximum absolute atomic E-state index is 14.3. The molecule has 1 unspecified atom stereocenters. The molecule has 1 N–H and O–H groups in total. The second kappa shape index (κ2) is 6.42. The molecule has 1 fully saturated rings. The van der Waals surface area contributed by atoms with Crippen LogP contribution in [0.5, 0.6) is 0 Å². The Morgan fingerprint density at radius 2 is 2.16 bits per heavy atom. The molecule has 1 saturated heterocycles. The molecule has 3 rings (SSSR count). The molecule has 2 aromatic rings. The molecule has 2 heterocycles. The van der Waals surface area contributed by atoms with Crippen molar-refractivity contribution in [1.29, 1.82) is 0 Å². The molecule has 25 heavy (non-hydrogen) atoms. The van der Waals surface area contributed by atoms with E-state index in [1.54, 1.807) is 0 Å². The minimum absolute atomic E-state index is 0.00970. The van der Waals surface area contributed by atoms with Gasteiger partial charge in [0.25, 0.3) is 5.89 Å². The van der Waals surface area contributed by atoms with Gasteiger partial charge < -0.3 is 14.6 Å². The second-order valence-electron chi connectivity index (χ2n) is 5.18. The molecule has 11 heteroatoms. The van der Waals surface area contributed by atoms with E-state index in [1.807, 2.05) is 0 Å². The van der Waals surface area contributed by atoms with Crippen molar-refractivity contribution in [3.63, 3.8) is 0 Å². The summed E-state index contributed by atoms with van der Waals surface area (Å²) in [5, 5.41) is 5.64. The van der Waals surface area contributed by atoms with Crippen LogP contribution in [0.15, 0.2) is 16.9 Å². The fourth-order valence-corrected chi connectivity index (χ4v) is 2.34. The predicted octanol–water partition coefficient (Wildman–Crippen LogP) is 1.62. The largest absolute Gasteiger partial charge is 0.442 e. The van der Waals surface area contributed by atoms with Gasteiger partial charge in [0.15, 0.2) is 18.0 Å². The maximum Gasteiger partial charge on any atom is 0.414 e. The number of rotatable bonds is 4. The van der Waals surface area contributed by atoms with Crippen LogP contribution in [0.4, 0.5) is 23.7 Å². The highest BCUT2D eigenvalue weighted by Gasteiger charge is 2.36. The second-order valence-corrected chi connectivity index (χ2v) is 5.18. The van der Waals surface area contributed by atoms with E-state index in [2.05, 4.69) is 20.0 Å². The number of nitrogens with one attached hydrogen (secondary N) is 1. The molecule has 1 aliphatic rings. The summed E-state index contributed by atoms with van der Waals surface area (Å²) in [4.78, 5) is 27.0. The SMILES string of the molecule is CC(=O)NCC1CN(c2cc(F)c(-c3ncno3)c(F)c2F)C(=O)O1. The maximum atomic E-state index is 14.3. The van der Waals surface area contributed by atoms with Gasteiger partial charge in [0.2, 0.25) is 5.91 Å². The molecule has 0 bridgehead atoms. The average molecular weight is 356 g/mol.